The van der Waals surface area contributed by atoms with Gasteiger partial charge in [0.25, 0.3) is 5.56 Å². The van der Waals surface area contributed by atoms with Gasteiger partial charge in [-0.2, -0.15) is 0 Å². The zero-order valence-electron chi connectivity index (χ0n) is 25.3. The number of esters is 1. The normalized spacial score (nSPS) is 15.0. The highest BCUT2D eigenvalue weighted by Crippen LogP contribution is 2.36. The molecule has 9 nitrogen and oxygen atoms in total. The van der Waals surface area contributed by atoms with Crippen LogP contribution in [0.2, 0.25) is 0 Å². The first-order chi connectivity index (χ1) is 20.1. The minimum atomic E-state index is -0.773. The second kappa shape index (κ2) is 13.3. The second-order valence-corrected chi connectivity index (χ2v) is 11.2. The van der Waals surface area contributed by atoms with Crippen molar-refractivity contribution in [1.29, 1.82) is 0 Å². The first-order valence-corrected chi connectivity index (χ1v) is 14.9. The maximum atomic E-state index is 14.0. The van der Waals surface area contributed by atoms with E-state index in [9.17, 15) is 9.59 Å². The number of fused-ring (bicyclic) bond motifs is 1. The van der Waals surface area contributed by atoms with Crippen molar-refractivity contribution in [3.05, 3.63) is 78.5 Å². The van der Waals surface area contributed by atoms with Crippen LogP contribution in [0.3, 0.4) is 0 Å². The Morgan fingerprint density at radius 3 is 2.26 bits per heavy atom. The van der Waals surface area contributed by atoms with Gasteiger partial charge in [0.2, 0.25) is 0 Å². The van der Waals surface area contributed by atoms with Gasteiger partial charge < -0.3 is 23.7 Å². The van der Waals surface area contributed by atoms with E-state index in [0.29, 0.717) is 55.8 Å². The first kappa shape index (κ1) is 30.9. The molecular weight excluding hydrogens is 556 g/mol. The van der Waals surface area contributed by atoms with Crippen LogP contribution >= 0.6 is 11.3 Å². The highest BCUT2D eigenvalue weighted by atomic mass is 32.1. The average molecular weight is 595 g/mol. The first-order valence-electron chi connectivity index (χ1n) is 14.1. The molecule has 0 saturated heterocycles. The third kappa shape index (κ3) is 6.54. The van der Waals surface area contributed by atoms with Crippen molar-refractivity contribution in [3.8, 4) is 23.0 Å². The molecule has 0 N–H and O–H groups in total. The molecule has 0 radical (unpaired) electrons. The molecule has 0 aliphatic carbocycles. The Morgan fingerprint density at radius 1 is 0.976 bits per heavy atom. The van der Waals surface area contributed by atoms with Crippen molar-refractivity contribution in [2.24, 2.45) is 4.99 Å². The van der Waals surface area contributed by atoms with E-state index in [1.807, 2.05) is 58.9 Å². The van der Waals surface area contributed by atoms with Gasteiger partial charge in [-0.1, -0.05) is 23.5 Å². The summed E-state index contributed by atoms with van der Waals surface area (Å²) < 4.78 is 30.6. The van der Waals surface area contributed by atoms with Crippen molar-refractivity contribution in [3.63, 3.8) is 0 Å². The van der Waals surface area contributed by atoms with Crippen LogP contribution in [0.25, 0.3) is 6.08 Å². The molecule has 0 saturated carbocycles. The fraction of sp³-hybridized carbons (Fsp3) is 0.406. The summed E-state index contributed by atoms with van der Waals surface area (Å²) in [5.41, 5.74) is 1.95. The van der Waals surface area contributed by atoms with Gasteiger partial charge in [0.1, 0.15) is 0 Å². The molecule has 2 heterocycles. The molecule has 1 aromatic heterocycles. The van der Waals surface area contributed by atoms with Gasteiger partial charge in [-0.05, 0) is 89.9 Å². The van der Waals surface area contributed by atoms with E-state index in [4.69, 9.17) is 23.7 Å². The lowest BCUT2D eigenvalue weighted by Crippen LogP contribution is -2.40. The molecule has 1 aliphatic heterocycles. The number of methoxy groups -OCH3 is 1. The van der Waals surface area contributed by atoms with E-state index in [1.165, 1.54) is 11.3 Å². The number of hydrogen-bond acceptors (Lipinski definition) is 9. The molecule has 224 valence electrons. The van der Waals surface area contributed by atoms with Crippen LogP contribution in [0.1, 0.15) is 65.6 Å². The Bertz CT molecular complexity index is 1670. The van der Waals surface area contributed by atoms with E-state index in [1.54, 1.807) is 43.7 Å². The average Bonchev–Trinajstić information content (AvgIpc) is 3.23. The minimum absolute atomic E-state index is 0.0137. The van der Waals surface area contributed by atoms with Crippen LogP contribution < -0.4 is 33.8 Å². The largest absolute Gasteiger partial charge is 0.493 e. The van der Waals surface area contributed by atoms with Crippen LogP contribution in [-0.4, -0.2) is 43.1 Å². The van der Waals surface area contributed by atoms with Crippen LogP contribution in [0.4, 0.5) is 0 Å². The van der Waals surface area contributed by atoms with Crippen molar-refractivity contribution < 1.29 is 28.5 Å². The van der Waals surface area contributed by atoms with Crippen molar-refractivity contribution in [1.82, 2.24) is 4.57 Å². The number of thiazole rings is 1. The summed E-state index contributed by atoms with van der Waals surface area (Å²) in [5.74, 6) is 1.77. The number of benzene rings is 2. The molecule has 0 amide bonds. The highest BCUT2D eigenvalue weighted by molar-refractivity contribution is 7.07. The topological polar surface area (TPSA) is 97.6 Å². The Hall–Kier alpha value is -4.05. The molecule has 1 aliphatic rings. The molecule has 0 fully saturated rings. The molecule has 10 heteroatoms. The molecule has 2 aromatic carbocycles. The smallest absolute Gasteiger partial charge is 0.338 e. The van der Waals surface area contributed by atoms with Gasteiger partial charge in [0.15, 0.2) is 27.8 Å². The lowest BCUT2D eigenvalue weighted by molar-refractivity contribution is -0.139. The molecule has 0 spiro atoms. The maximum absolute atomic E-state index is 14.0. The summed E-state index contributed by atoms with van der Waals surface area (Å²) in [6.07, 6.45) is 1.72. The predicted octanol–water partition coefficient (Wildman–Crippen LogP) is 4.78. The number of carbonyl (C=O) groups excluding carboxylic acids is 1. The molecule has 1 atom stereocenters. The molecular formula is C32H38N2O7S. The Balaban J connectivity index is 1.90. The fourth-order valence-corrected chi connectivity index (χ4v) is 5.74. The number of aromatic nitrogens is 1. The molecule has 4 rings (SSSR count). The zero-order chi connectivity index (χ0) is 30.6. The van der Waals surface area contributed by atoms with Crippen molar-refractivity contribution in [2.75, 3.05) is 20.3 Å². The molecule has 0 unspecified atom stereocenters. The lowest BCUT2D eigenvalue weighted by Gasteiger charge is -2.25. The van der Waals surface area contributed by atoms with Crippen molar-refractivity contribution in [2.45, 2.75) is 66.7 Å². The minimum Gasteiger partial charge on any atom is -0.493 e. The molecule has 42 heavy (non-hydrogen) atoms. The maximum Gasteiger partial charge on any atom is 0.338 e. The Kier molecular flexibility index (Phi) is 9.78. The number of allylic oxidation sites excluding steroid dienone is 1. The summed E-state index contributed by atoms with van der Waals surface area (Å²) in [6, 6.07) is 10.2. The Labute approximate surface area is 249 Å². The quantitative estimate of drug-likeness (QED) is 0.295. The van der Waals surface area contributed by atoms with Gasteiger partial charge in [0, 0.05) is 0 Å². The van der Waals surface area contributed by atoms with E-state index in [-0.39, 0.29) is 24.4 Å². The Morgan fingerprint density at radius 2 is 1.64 bits per heavy atom. The van der Waals surface area contributed by atoms with Crippen LogP contribution in [-0.2, 0) is 9.53 Å². The van der Waals surface area contributed by atoms with Crippen LogP contribution in [0.5, 0.6) is 23.0 Å². The number of ether oxygens (including phenoxy) is 5. The predicted molar refractivity (Wildman–Crippen MR) is 163 cm³/mol. The number of nitrogens with zero attached hydrogens (tertiary/aromatic N) is 2. The highest BCUT2D eigenvalue weighted by Gasteiger charge is 2.34. The van der Waals surface area contributed by atoms with E-state index in [2.05, 4.69) is 4.99 Å². The van der Waals surface area contributed by atoms with Crippen molar-refractivity contribution >= 4 is 23.4 Å². The third-order valence-corrected chi connectivity index (χ3v) is 7.29. The van der Waals surface area contributed by atoms with Gasteiger partial charge in [0.05, 0.1) is 54.4 Å². The van der Waals surface area contributed by atoms with E-state index < -0.39 is 12.0 Å². The number of carbonyl (C=O) groups is 1. The number of hydrogen-bond donors (Lipinski definition) is 0. The summed E-state index contributed by atoms with van der Waals surface area (Å²) in [7, 11) is 1.55. The zero-order valence-corrected chi connectivity index (χ0v) is 26.2. The summed E-state index contributed by atoms with van der Waals surface area (Å²) in [6.45, 7) is 13.8. The fourth-order valence-electron chi connectivity index (χ4n) is 4.70. The lowest BCUT2D eigenvalue weighted by atomic mass is 9.95. The van der Waals surface area contributed by atoms with Gasteiger partial charge in [-0.25, -0.2) is 9.79 Å². The second-order valence-electron chi connectivity index (χ2n) is 10.2. The van der Waals surface area contributed by atoms with Gasteiger partial charge in [-0.15, -0.1) is 0 Å². The van der Waals surface area contributed by atoms with E-state index >= 15 is 0 Å². The van der Waals surface area contributed by atoms with E-state index in [0.717, 1.165) is 5.56 Å². The summed E-state index contributed by atoms with van der Waals surface area (Å²) >= 11 is 1.26. The van der Waals surface area contributed by atoms with Crippen LogP contribution in [0, 0.1) is 0 Å². The SMILES string of the molecule is CCOC(=O)C1=C(C)N=c2s/c(=C/c3ccc(OC(C)C)c(OCC)c3)c(=O)n2[C@H]1c1ccc(OC(C)C)c(OC)c1. The summed E-state index contributed by atoms with van der Waals surface area (Å²) in [5, 5.41) is 0. The summed E-state index contributed by atoms with van der Waals surface area (Å²) in [4.78, 5) is 32.4. The van der Waals surface area contributed by atoms with Crippen LogP contribution in [0.15, 0.2) is 57.5 Å². The third-order valence-electron chi connectivity index (χ3n) is 6.31. The molecule has 0 bridgehead atoms. The molecule has 3 aromatic rings. The monoisotopic (exact) mass is 594 g/mol. The standard InChI is InChI=1S/C32H38N2O7S/c1-9-38-26-15-21(11-13-24(26)41-19(5)6)16-27-30(35)34-29(22-12-14-23(40-18(3)4)25(17-22)37-8)28(31(36)39-10-2)20(7)33-32(34)42-27/h11-19,29H,9-10H2,1-8H3/b27-16+/t29-/m0/s1. The number of rotatable bonds is 11. The van der Waals surface area contributed by atoms with Gasteiger partial charge >= 0.3 is 5.97 Å². The van der Waals surface area contributed by atoms with Gasteiger partial charge in [-0.3, -0.25) is 9.36 Å².